The van der Waals surface area contributed by atoms with E-state index in [0.717, 1.165) is 19.3 Å². The Morgan fingerprint density at radius 1 is 1.40 bits per heavy atom. The maximum Gasteiger partial charge on any atom is 0.303 e. The maximum atomic E-state index is 11.4. The molecule has 0 aromatic heterocycles. The molecule has 0 heterocycles. The van der Waals surface area contributed by atoms with Crippen molar-refractivity contribution in [3.8, 4) is 0 Å². The van der Waals surface area contributed by atoms with Gasteiger partial charge >= 0.3 is 5.97 Å². The lowest BCUT2D eigenvalue weighted by Gasteiger charge is -2.37. The Labute approximate surface area is 89.0 Å². The Morgan fingerprint density at radius 3 is 2.53 bits per heavy atom. The molecule has 5 heteroatoms. The van der Waals surface area contributed by atoms with Gasteiger partial charge in [-0.3, -0.25) is 9.59 Å². The minimum atomic E-state index is -0.835. The molecule has 1 fully saturated rings. The molecule has 1 aliphatic carbocycles. The van der Waals surface area contributed by atoms with E-state index in [-0.39, 0.29) is 17.9 Å². The number of rotatable bonds is 6. The summed E-state index contributed by atoms with van der Waals surface area (Å²) in [5.74, 6) is -0.902. The molecule has 0 aromatic carbocycles. The van der Waals surface area contributed by atoms with E-state index in [9.17, 15) is 9.59 Å². The summed E-state index contributed by atoms with van der Waals surface area (Å²) in [5, 5.41) is 11.1. The van der Waals surface area contributed by atoms with Crippen molar-refractivity contribution < 1.29 is 14.7 Å². The van der Waals surface area contributed by atoms with E-state index in [2.05, 4.69) is 5.32 Å². The molecule has 0 radical (unpaired) electrons. The maximum absolute atomic E-state index is 11.4. The van der Waals surface area contributed by atoms with Gasteiger partial charge in [0, 0.05) is 24.9 Å². The van der Waals surface area contributed by atoms with Crippen molar-refractivity contribution in [2.24, 2.45) is 5.73 Å². The molecule has 5 nitrogen and oxygen atoms in total. The minimum absolute atomic E-state index is 0.0670. The Morgan fingerprint density at radius 2 is 2.07 bits per heavy atom. The van der Waals surface area contributed by atoms with Crippen LogP contribution in [0.5, 0.6) is 0 Å². The van der Waals surface area contributed by atoms with Gasteiger partial charge in [-0.05, 0) is 25.7 Å². The van der Waals surface area contributed by atoms with E-state index in [1.807, 2.05) is 0 Å². The zero-order valence-electron chi connectivity index (χ0n) is 8.79. The second-order valence-corrected chi connectivity index (χ2v) is 4.24. The first-order valence-electron chi connectivity index (χ1n) is 5.29. The predicted octanol–water partition coefficient (Wildman–Crippen LogP) is 0.239. The molecular weight excluding hydrogens is 196 g/mol. The van der Waals surface area contributed by atoms with E-state index in [1.54, 1.807) is 0 Å². The summed E-state index contributed by atoms with van der Waals surface area (Å²) in [5.41, 5.74) is 5.61. The highest BCUT2D eigenvalue weighted by molar-refractivity contribution is 5.77. The van der Waals surface area contributed by atoms with Crippen molar-refractivity contribution in [3.63, 3.8) is 0 Å². The smallest absolute Gasteiger partial charge is 0.303 e. The second kappa shape index (κ2) is 5.11. The van der Waals surface area contributed by atoms with Crippen LogP contribution in [0, 0.1) is 0 Å². The number of hydrogen-bond donors (Lipinski definition) is 3. The van der Waals surface area contributed by atoms with E-state index in [1.165, 1.54) is 0 Å². The third-order valence-electron chi connectivity index (χ3n) is 2.75. The van der Waals surface area contributed by atoms with Gasteiger partial charge in [-0.25, -0.2) is 0 Å². The highest BCUT2D eigenvalue weighted by Crippen LogP contribution is 2.31. The van der Waals surface area contributed by atoms with Crippen LogP contribution in [0.1, 0.15) is 38.5 Å². The number of carboxylic acids is 1. The second-order valence-electron chi connectivity index (χ2n) is 4.24. The van der Waals surface area contributed by atoms with Crippen LogP contribution in [0.2, 0.25) is 0 Å². The molecule has 1 saturated carbocycles. The third kappa shape index (κ3) is 4.29. The van der Waals surface area contributed by atoms with Crippen molar-refractivity contribution >= 4 is 11.9 Å². The monoisotopic (exact) mass is 214 g/mol. The summed E-state index contributed by atoms with van der Waals surface area (Å²) in [6.45, 7) is 0.418. The van der Waals surface area contributed by atoms with Crippen molar-refractivity contribution in [2.45, 2.75) is 44.1 Å². The first-order chi connectivity index (χ1) is 7.02. The fourth-order valence-electron chi connectivity index (χ4n) is 1.66. The van der Waals surface area contributed by atoms with E-state index >= 15 is 0 Å². The van der Waals surface area contributed by atoms with Gasteiger partial charge in [0.2, 0.25) is 5.91 Å². The number of carbonyl (C=O) groups excluding carboxylic acids is 1. The highest BCUT2D eigenvalue weighted by Gasteiger charge is 2.34. The van der Waals surface area contributed by atoms with Crippen LogP contribution in [0.3, 0.4) is 0 Å². The Kier molecular flexibility index (Phi) is 4.08. The van der Waals surface area contributed by atoms with Gasteiger partial charge in [0.25, 0.3) is 0 Å². The highest BCUT2D eigenvalue weighted by atomic mass is 16.4. The lowest BCUT2D eigenvalue weighted by Crippen LogP contribution is -2.50. The summed E-state index contributed by atoms with van der Waals surface area (Å²) < 4.78 is 0. The molecule has 4 N–H and O–H groups in total. The molecule has 1 rings (SSSR count). The van der Waals surface area contributed by atoms with Crippen molar-refractivity contribution in [1.29, 1.82) is 0 Å². The van der Waals surface area contributed by atoms with Gasteiger partial charge in [-0.15, -0.1) is 0 Å². The zero-order valence-corrected chi connectivity index (χ0v) is 8.79. The first-order valence-corrected chi connectivity index (χ1v) is 5.29. The summed E-state index contributed by atoms with van der Waals surface area (Å²) in [6.07, 6.45) is 3.85. The molecule has 0 unspecified atom stereocenters. The van der Waals surface area contributed by atoms with Gasteiger partial charge in [-0.2, -0.15) is 0 Å². The zero-order chi connectivity index (χ0) is 11.3. The lowest BCUT2D eigenvalue weighted by atomic mass is 9.75. The molecule has 0 aliphatic heterocycles. The standard InChI is InChI=1S/C10H18N2O3/c11-10(4-2-5-10)7-8(13)12-6-1-3-9(14)15/h1-7,11H2,(H,12,13)(H,14,15). The largest absolute Gasteiger partial charge is 0.481 e. The van der Waals surface area contributed by atoms with Crippen LogP contribution in [-0.4, -0.2) is 29.1 Å². The number of carboxylic acid groups (broad SMARTS) is 1. The molecule has 0 saturated heterocycles. The van der Waals surface area contributed by atoms with Gasteiger partial charge in [0.05, 0.1) is 0 Å². The number of hydrogen-bond acceptors (Lipinski definition) is 3. The third-order valence-corrected chi connectivity index (χ3v) is 2.75. The van der Waals surface area contributed by atoms with Crippen LogP contribution in [0.15, 0.2) is 0 Å². The van der Waals surface area contributed by atoms with Crippen LogP contribution < -0.4 is 11.1 Å². The molecule has 0 bridgehead atoms. The molecule has 0 atom stereocenters. The van der Waals surface area contributed by atoms with Gasteiger partial charge in [0.15, 0.2) is 0 Å². The van der Waals surface area contributed by atoms with E-state index in [0.29, 0.717) is 19.4 Å². The summed E-state index contributed by atoms with van der Waals surface area (Å²) >= 11 is 0. The topological polar surface area (TPSA) is 92.4 Å². The van der Waals surface area contributed by atoms with Crippen molar-refractivity contribution in [1.82, 2.24) is 5.32 Å². The molecular formula is C10H18N2O3. The Bertz CT molecular complexity index is 249. The van der Waals surface area contributed by atoms with Crippen LogP contribution in [0.4, 0.5) is 0 Å². The molecule has 1 amide bonds. The minimum Gasteiger partial charge on any atom is -0.481 e. The first kappa shape index (κ1) is 12.0. The number of nitrogens with two attached hydrogens (primary N) is 1. The SMILES string of the molecule is NC1(CC(=O)NCCCC(=O)O)CCC1. The fraction of sp³-hybridized carbons (Fsp3) is 0.800. The molecule has 0 aromatic rings. The quantitative estimate of drug-likeness (QED) is 0.552. The van der Waals surface area contributed by atoms with E-state index < -0.39 is 5.97 Å². The van der Waals surface area contributed by atoms with Crippen molar-refractivity contribution in [3.05, 3.63) is 0 Å². The predicted molar refractivity (Wildman–Crippen MR) is 55.3 cm³/mol. The Balaban J connectivity index is 2.06. The van der Waals surface area contributed by atoms with Gasteiger partial charge in [0.1, 0.15) is 0 Å². The molecule has 1 aliphatic rings. The van der Waals surface area contributed by atoms with Gasteiger partial charge in [-0.1, -0.05) is 0 Å². The van der Waals surface area contributed by atoms with Crippen LogP contribution in [-0.2, 0) is 9.59 Å². The average molecular weight is 214 g/mol. The number of amides is 1. The summed E-state index contributed by atoms with van der Waals surface area (Å²) in [7, 11) is 0. The fourth-order valence-corrected chi connectivity index (χ4v) is 1.66. The molecule has 0 spiro atoms. The summed E-state index contributed by atoms with van der Waals surface area (Å²) in [4.78, 5) is 21.6. The number of carbonyl (C=O) groups is 2. The van der Waals surface area contributed by atoms with Crippen molar-refractivity contribution in [2.75, 3.05) is 6.54 Å². The average Bonchev–Trinajstić information content (AvgIpc) is 2.09. The van der Waals surface area contributed by atoms with Gasteiger partial charge < -0.3 is 16.2 Å². The molecule has 15 heavy (non-hydrogen) atoms. The normalized spacial score (nSPS) is 17.9. The van der Waals surface area contributed by atoms with Crippen LogP contribution in [0.25, 0.3) is 0 Å². The van der Waals surface area contributed by atoms with Crippen LogP contribution >= 0.6 is 0 Å². The number of aliphatic carboxylic acids is 1. The van der Waals surface area contributed by atoms with E-state index in [4.69, 9.17) is 10.8 Å². The molecule has 86 valence electrons. The Hall–Kier alpha value is -1.10. The number of nitrogens with one attached hydrogen (secondary N) is 1. The summed E-state index contributed by atoms with van der Waals surface area (Å²) in [6, 6.07) is 0. The lowest BCUT2D eigenvalue weighted by molar-refractivity contribution is -0.137.